The Kier molecular flexibility index (Phi) is 2.53. The van der Waals surface area contributed by atoms with Gasteiger partial charge in [-0.2, -0.15) is 0 Å². The van der Waals surface area contributed by atoms with E-state index in [0.717, 1.165) is 11.1 Å². The maximum atomic E-state index is 6.06. The molecule has 72 valence electrons. The number of hydrogen-bond acceptors (Lipinski definition) is 1. The highest BCUT2D eigenvalue weighted by Crippen LogP contribution is 2.32. The van der Waals surface area contributed by atoms with Crippen LogP contribution in [0.4, 0.5) is 0 Å². The monoisotopic (exact) mass is 226 g/mol. The Labute approximate surface area is 92.3 Å². The van der Waals surface area contributed by atoms with E-state index >= 15 is 0 Å². The minimum atomic E-state index is 0.660. The van der Waals surface area contributed by atoms with E-state index in [0.29, 0.717) is 15.8 Å². The van der Waals surface area contributed by atoms with Gasteiger partial charge < -0.3 is 4.42 Å². The first-order chi connectivity index (χ1) is 6.68. The molecule has 1 heterocycles. The molecule has 0 bridgehead atoms. The van der Waals surface area contributed by atoms with E-state index in [1.807, 2.05) is 31.2 Å². The summed E-state index contributed by atoms with van der Waals surface area (Å²) in [4.78, 5) is 0. The Bertz CT molecular complexity index is 443. The first kappa shape index (κ1) is 9.63. The number of hydrogen-bond donors (Lipinski definition) is 0. The molecule has 0 aliphatic heterocycles. The molecule has 0 aliphatic carbocycles. The van der Waals surface area contributed by atoms with E-state index in [1.165, 1.54) is 0 Å². The third kappa shape index (κ3) is 1.66. The largest absolute Gasteiger partial charge is 0.462 e. The molecular weight excluding hydrogens is 219 g/mol. The second-order valence-electron chi connectivity index (χ2n) is 3.07. The Morgan fingerprint density at radius 1 is 1.07 bits per heavy atom. The SMILES string of the molecule is Cc1coc(-c2ccc(Cl)cc2)c1Cl. The molecule has 14 heavy (non-hydrogen) atoms. The summed E-state index contributed by atoms with van der Waals surface area (Å²) in [6.45, 7) is 1.91. The van der Waals surface area contributed by atoms with Crippen molar-refractivity contribution in [3.05, 3.63) is 46.1 Å². The highest BCUT2D eigenvalue weighted by atomic mass is 35.5. The van der Waals surface area contributed by atoms with Crippen molar-refractivity contribution in [2.45, 2.75) is 6.92 Å². The zero-order valence-corrected chi connectivity index (χ0v) is 9.06. The smallest absolute Gasteiger partial charge is 0.152 e. The zero-order chi connectivity index (χ0) is 10.1. The topological polar surface area (TPSA) is 13.1 Å². The van der Waals surface area contributed by atoms with Gasteiger partial charge >= 0.3 is 0 Å². The molecule has 0 N–H and O–H groups in total. The van der Waals surface area contributed by atoms with Crippen LogP contribution in [0, 0.1) is 6.92 Å². The van der Waals surface area contributed by atoms with Crippen LogP contribution in [-0.4, -0.2) is 0 Å². The summed E-state index contributed by atoms with van der Waals surface area (Å²) in [6, 6.07) is 7.38. The molecule has 1 aromatic heterocycles. The molecule has 3 heteroatoms. The predicted octanol–water partition coefficient (Wildman–Crippen LogP) is 4.56. The third-order valence-corrected chi connectivity index (χ3v) is 2.73. The maximum Gasteiger partial charge on any atom is 0.152 e. The lowest BCUT2D eigenvalue weighted by atomic mass is 10.1. The van der Waals surface area contributed by atoms with Crippen molar-refractivity contribution < 1.29 is 4.42 Å². The van der Waals surface area contributed by atoms with Crippen LogP contribution in [0.1, 0.15) is 5.56 Å². The molecule has 0 aliphatic rings. The Morgan fingerprint density at radius 2 is 1.71 bits per heavy atom. The fourth-order valence-corrected chi connectivity index (χ4v) is 1.55. The van der Waals surface area contributed by atoms with Gasteiger partial charge in [0, 0.05) is 16.1 Å². The molecule has 2 aromatic rings. The third-order valence-electron chi connectivity index (χ3n) is 2.01. The van der Waals surface area contributed by atoms with E-state index in [-0.39, 0.29) is 0 Å². The van der Waals surface area contributed by atoms with Gasteiger partial charge in [0.15, 0.2) is 5.76 Å². The van der Waals surface area contributed by atoms with E-state index in [9.17, 15) is 0 Å². The van der Waals surface area contributed by atoms with Crippen LogP contribution in [0.15, 0.2) is 34.9 Å². The molecule has 0 saturated carbocycles. The minimum Gasteiger partial charge on any atom is -0.462 e. The normalized spacial score (nSPS) is 10.5. The average Bonchev–Trinajstić information content (AvgIpc) is 2.50. The van der Waals surface area contributed by atoms with Crippen molar-refractivity contribution in [3.63, 3.8) is 0 Å². The van der Waals surface area contributed by atoms with Crippen molar-refractivity contribution in [1.82, 2.24) is 0 Å². The first-order valence-corrected chi connectivity index (χ1v) is 4.93. The zero-order valence-electron chi connectivity index (χ0n) is 7.55. The molecular formula is C11H8Cl2O. The van der Waals surface area contributed by atoms with Gasteiger partial charge in [0.1, 0.15) is 0 Å². The van der Waals surface area contributed by atoms with Gasteiger partial charge in [0.05, 0.1) is 11.3 Å². The average molecular weight is 227 g/mol. The summed E-state index contributed by atoms with van der Waals surface area (Å²) in [5.41, 5.74) is 1.88. The molecule has 0 amide bonds. The number of halogens is 2. The van der Waals surface area contributed by atoms with Crippen LogP contribution < -0.4 is 0 Å². The Hall–Kier alpha value is -0.920. The van der Waals surface area contributed by atoms with Crippen molar-refractivity contribution in [3.8, 4) is 11.3 Å². The van der Waals surface area contributed by atoms with Crippen LogP contribution in [0.25, 0.3) is 11.3 Å². The molecule has 0 atom stereocenters. The van der Waals surface area contributed by atoms with E-state index in [1.54, 1.807) is 6.26 Å². The number of furan rings is 1. The highest BCUT2D eigenvalue weighted by molar-refractivity contribution is 6.33. The summed E-state index contributed by atoms with van der Waals surface area (Å²) in [5.74, 6) is 0.695. The second kappa shape index (κ2) is 3.68. The van der Waals surface area contributed by atoms with Crippen molar-refractivity contribution in [2.24, 2.45) is 0 Å². The highest BCUT2D eigenvalue weighted by Gasteiger charge is 2.09. The van der Waals surface area contributed by atoms with Gasteiger partial charge in [0.2, 0.25) is 0 Å². The predicted molar refractivity (Wildman–Crippen MR) is 58.9 cm³/mol. The van der Waals surface area contributed by atoms with Crippen molar-refractivity contribution in [1.29, 1.82) is 0 Å². The lowest BCUT2D eigenvalue weighted by molar-refractivity contribution is 0.580. The van der Waals surface area contributed by atoms with Crippen molar-refractivity contribution in [2.75, 3.05) is 0 Å². The minimum absolute atomic E-state index is 0.660. The van der Waals surface area contributed by atoms with E-state index in [2.05, 4.69) is 0 Å². The maximum absolute atomic E-state index is 6.06. The van der Waals surface area contributed by atoms with Gasteiger partial charge in [-0.25, -0.2) is 0 Å². The van der Waals surface area contributed by atoms with Gasteiger partial charge in [-0.05, 0) is 31.2 Å². The molecule has 1 nitrogen and oxygen atoms in total. The lowest BCUT2D eigenvalue weighted by Crippen LogP contribution is -1.74. The van der Waals surface area contributed by atoms with Gasteiger partial charge in [-0.15, -0.1) is 0 Å². The summed E-state index contributed by atoms with van der Waals surface area (Å²) < 4.78 is 5.35. The Balaban J connectivity index is 2.49. The van der Waals surface area contributed by atoms with Crippen LogP contribution in [-0.2, 0) is 0 Å². The van der Waals surface area contributed by atoms with Gasteiger partial charge in [0.25, 0.3) is 0 Å². The standard InChI is InChI=1S/C11H8Cl2O/c1-7-6-14-11(10(7)13)8-2-4-9(12)5-3-8/h2-6H,1H3. The van der Waals surface area contributed by atoms with Gasteiger partial charge in [-0.3, -0.25) is 0 Å². The molecule has 0 radical (unpaired) electrons. The number of benzene rings is 1. The van der Waals surface area contributed by atoms with Crippen LogP contribution in [0.5, 0.6) is 0 Å². The summed E-state index contributed by atoms with van der Waals surface area (Å²) in [6.07, 6.45) is 1.65. The number of rotatable bonds is 1. The number of aryl methyl sites for hydroxylation is 1. The van der Waals surface area contributed by atoms with Crippen LogP contribution in [0.3, 0.4) is 0 Å². The second-order valence-corrected chi connectivity index (χ2v) is 3.88. The summed E-state index contributed by atoms with van der Waals surface area (Å²) in [7, 11) is 0. The molecule has 0 saturated heterocycles. The molecule has 1 aromatic carbocycles. The van der Waals surface area contributed by atoms with E-state index in [4.69, 9.17) is 27.6 Å². The van der Waals surface area contributed by atoms with Crippen LogP contribution >= 0.6 is 23.2 Å². The fraction of sp³-hybridized carbons (Fsp3) is 0.0909. The summed E-state index contributed by atoms with van der Waals surface area (Å²) >= 11 is 11.8. The van der Waals surface area contributed by atoms with E-state index < -0.39 is 0 Å². The molecule has 2 rings (SSSR count). The fourth-order valence-electron chi connectivity index (χ4n) is 1.23. The lowest BCUT2D eigenvalue weighted by Gasteiger charge is -1.97. The molecule has 0 fully saturated rings. The Morgan fingerprint density at radius 3 is 2.21 bits per heavy atom. The summed E-state index contributed by atoms with van der Waals surface area (Å²) in [5, 5.41) is 1.36. The molecule has 0 unspecified atom stereocenters. The van der Waals surface area contributed by atoms with Crippen molar-refractivity contribution >= 4 is 23.2 Å². The quantitative estimate of drug-likeness (QED) is 0.695. The van der Waals surface area contributed by atoms with Gasteiger partial charge in [-0.1, -0.05) is 23.2 Å². The van der Waals surface area contributed by atoms with Crippen LogP contribution in [0.2, 0.25) is 10.0 Å². The molecule has 0 spiro atoms. The first-order valence-electron chi connectivity index (χ1n) is 4.18.